The van der Waals surface area contributed by atoms with E-state index in [9.17, 15) is 4.79 Å². The maximum atomic E-state index is 12.5. The fraction of sp³-hybridized carbons (Fsp3) is 0.824. The number of hydrogen-bond acceptors (Lipinski definition) is 3. The van der Waals surface area contributed by atoms with Crippen LogP contribution in [-0.2, 0) is 17.8 Å². The zero-order valence-corrected chi connectivity index (χ0v) is 13.7. The molecule has 21 heavy (non-hydrogen) atoms. The van der Waals surface area contributed by atoms with Crippen molar-refractivity contribution in [3.8, 4) is 0 Å². The largest absolute Gasteiger partial charge is 0.299 e. The molecule has 1 aromatic heterocycles. The number of hydrogen-bond donors (Lipinski definition) is 0. The number of nitrogens with zero attached hydrogens (tertiary/aromatic N) is 3. The lowest BCUT2D eigenvalue weighted by molar-refractivity contribution is -0.123. The Bertz CT molecular complexity index is 445. The van der Waals surface area contributed by atoms with Crippen LogP contribution in [0.15, 0.2) is 6.33 Å². The van der Waals surface area contributed by atoms with Gasteiger partial charge in [-0.25, -0.2) is 9.67 Å². The number of ketones is 1. The van der Waals surface area contributed by atoms with Crippen LogP contribution in [0.25, 0.3) is 0 Å². The van der Waals surface area contributed by atoms with Crippen molar-refractivity contribution in [2.75, 3.05) is 0 Å². The summed E-state index contributed by atoms with van der Waals surface area (Å²) in [4.78, 5) is 16.8. The van der Waals surface area contributed by atoms with Gasteiger partial charge in [0, 0.05) is 12.5 Å². The van der Waals surface area contributed by atoms with Crippen LogP contribution < -0.4 is 0 Å². The topological polar surface area (TPSA) is 47.8 Å². The van der Waals surface area contributed by atoms with Gasteiger partial charge >= 0.3 is 0 Å². The van der Waals surface area contributed by atoms with Gasteiger partial charge in [-0.2, -0.15) is 5.10 Å². The number of Topliss-reactive ketones (excluding diaryl/α,β-unsaturated/α-hetero) is 1. The molecule has 0 aliphatic heterocycles. The van der Waals surface area contributed by atoms with E-state index in [0.717, 1.165) is 31.1 Å². The van der Waals surface area contributed by atoms with Crippen molar-refractivity contribution in [2.45, 2.75) is 72.3 Å². The normalized spacial score (nSPS) is 22.7. The number of aromatic nitrogens is 3. The standard InChI is InChI=1S/C17H29N3O/c1-4-5-14-6-8-15(9-7-14)16(21)10-17-18-12-19-20(17)11-13(2)3/h12-15H,4-11H2,1-3H3. The van der Waals surface area contributed by atoms with Crippen LogP contribution in [0.5, 0.6) is 0 Å². The van der Waals surface area contributed by atoms with E-state index >= 15 is 0 Å². The molecule has 0 amide bonds. The highest BCUT2D eigenvalue weighted by molar-refractivity contribution is 5.82. The van der Waals surface area contributed by atoms with Gasteiger partial charge in [-0.15, -0.1) is 0 Å². The SMILES string of the molecule is CCCC1CCC(C(=O)Cc2ncnn2CC(C)C)CC1. The summed E-state index contributed by atoms with van der Waals surface area (Å²) in [7, 11) is 0. The van der Waals surface area contributed by atoms with Gasteiger partial charge in [0.2, 0.25) is 0 Å². The second-order valence-electron chi connectivity index (χ2n) is 6.90. The number of carbonyl (C=O) groups is 1. The van der Waals surface area contributed by atoms with Gasteiger partial charge in [0.05, 0.1) is 6.42 Å². The quantitative estimate of drug-likeness (QED) is 0.770. The van der Waals surface area contributed by atoms with Gasteiger partial charge in [0.15, 0.2) is 0 Å². The molecule has 118 valence electrons. The Labute approximate surface area is 128 Å². The molecule has 1 saturated carbocycles. The van der Waals surface area contributed by atoms with Crippen LogP contribution >= 0.6 is 0 Å². The van der Waals surface area contributed by atoms with Gasteiger partial charge in [-0.1, -0.05) is 33.6 Å². The molecule has 4 nitrogen and oxygen atoms in total. The molecule has 0 saturated heterocycles. The predicted octanol–water partition coefficient (Wildman–Crippen LogP) is 3.65. The monoisotopic (exact) mass is 291 g/mol. The fourth-order valence-electron chi connectivity index (χ4n) is 3.40. The molecule has 1 aliphatic carbocycles. The van der Waals surface area contributed by atoms with Gasteiger partial charge in [-0.05, 0) is 37.5 Å². The van der Waals surface area contributed by atoms with Crippen LogP contribution in [0.2, 0.25) is 0 Å². The third-order valence-corrected chi connectivity index (χ3v) is 4.57. The maximum absolute atomic E-state index is 12.5. The lowest BCUT2D eigenvalue weighted by atomic mass is 9.78. The van der Waals surface area contributed by atoms with Gasteiger partial charge < -0.3 is 0 Å². The summed E-state index contributed by atoms with van der Waals surface area (Å²) in [5.41, 5.74) is 0. The molecule has 0 spiro atoms. The molecule has 0 aromatic carbocycles. The van der Waals surface area contributed by atoms with E-state index in [1.165, 1.54) is 25.7 Å². The Morgan fingerprint density at radius 3 is 2.67 bits per heavy atom. The lowest BCUT2D eigenvalue weighted by Crippen LogP contribution is -2.24. The maximum Gasteiger partial charge on any atom is 0.143 e. The predicted molar refractivity (Wildman–Crippen MR) is 83.9 cm³/mol. The summed E-state index contributed by atoms with van der Waals surface area (Å²) in [6.07, 6.45) is 9.21. The third kappa shape index (κ3) is 4.65. The Hall–Kier alpha value is -1.19. The Morgan fingerprint density at radius 1 is 1.33 bits per heavy atom. The van der Waals surface area contributed by atoms with E-state index in [2.05, 4.69) is 30.9 Å². The molecule has 1 aliphatic rings. The molecule has 1 heterocycles. The van der Waals surface area contributed by atoms with Crippen molar-refractivity contribution >= 4 is 5.78 Å². The van der Waals surface area contributed by atoms with Crippen molar-refractivity contribution in [1.82, 2.24) is 14.8 Å². The van der Waals surface area contributed by atoms with E-state index < -0.39 is 0 Å². The van der Waals surface area contributed by atoms with Crippen LogP contribution in [0.3, 0.4) is 0 Å². The third-order valence-electron chi connectivity index (χ3n) is 4.57. The summed E-state index contributed by atoms with van der Waals surface area (Å²) >= 11 is 0. The summed E-state index contributed by atoms with van der Waals surface area (Å²) in [6.45, 7) is 7.40. The second kappa shape index (κ2) is 7.71. The van der Waals surface area contributed by atoms with E-state index in [0.29, 0.717) is 18.1 Å². The summed E-state index contributed by atoms with van der Waals surface area (Å²) in [5, 5.41) is 4.24. The second-order valence-corrected chi connectivity index (χ2v) is 6.90. The van der Waals surface area contributed by atoms with E-state index in [1.807, 2.05) is 4.68 Å². The lowest BCUT2D eigenvalue weighted by Gasteiger charge is -2.27. The van der Waals surface area contributed by atoms with E-state index in [4.69, 9.17) is 0 Å². The molecule has 0 atom stereocenters. The fourth-order valence-corrected chi connectivity index (χ4v) is 3.40. The van der Waals surface area contributed by atoms with Crippen LogP contribution in [0.4, 0.5) is 0 Å². The minimum absolute atomic E-state index is 0.252. The first-order valence-corrected chi connectivity index (χ1v) is 8.49. The molecule has 2 rings (SSSR count). The van der Waals surface area contributed by atoms with Gasteiger partial charge in [0.25, 0.3) is 0 Å². The first-order chi connectivity index (χ1) is 10.1. The van der Waals surface area contributed by atoms with Crippen molar-refractivity contribution in [3.05, 3.63) is 12.2 Å². The highest BCUT2D eigenvalue weighted by Crippen LogP contribution is 2.32. The minimum atomic E-state index is 0.252. The molecule has 0 N–H and O–H groups in total. The molecule has 4 heteroatoms. The van der Waals surface area contributed by atoms with Crippen molar-refractivity contribution < 1.29 is 4.79 Å². The van der Waals surface area contributed by atoms with Gasteiger partial charge in [-0.3, -0.25) is 4.79 Å². The van der Waals surface area contributed by atoms with Crippen LogP contribution in [-0.4, -0.2) is 20.5 Å². The number of carbonyl (C=O) groups excluding carboxylic acids is 1. The molecular formula is C17H29N3O. The zero-order valence-electron chi connectivity index (χ0n) is 13.7. The highest BCUT2D eigenvalue weighted by atomic mass is 16.1. The summed E-state index contributed by atoms with van der Waals surface area (Å²) in [6, 6.07) is 0. The molecule has 0 unspecified atom stereocenters. The highest BCUT2D eigenvalue weighted by Gasteiger charge is 2.26. The summed E-state index contributed by atoms with van der Waals surface area (Å²) < 4.78 is 1.89. The minimum Gasteiger partial charge on any atom is -0.299 e. The van der Waals surface area contributed by atoms with Crippen LogP contribution in [0.1, 0.15) is 65.1 Å². The van der Waals surface area contributed by atoms with Gasteiger partial charge in [0.1, 0.15) is 17.9 Å². The molecular weight excluding hydrogens is 262 g/mol. The Balaban J connectivity index is 1.86. The molecule has 0 radical (unpaired) electrons. The first kappa shape index (κ1) is 16.2. The van der Waals surface area contributed by atoms with Crippen molar-refractivity contribution in [3.63, 3.8) is 0 Å². The van der Waals surface area contributed by atoms with E-state index in [-0.39, 0.29) is 5.92 Å². The summed E-state index contributed by atoms with van der Waals surface area (Å²) in [5.74, 6) is 2.82. The molecule has 0 bridgehead atoms. The van der Waals surface area contributed by atoms with Crippen molar-refractivity contribution in [1.29, 1.82) is 0 Å². The Kier molecular flexibility index (Phi) is 5.95. The number of rotatable bonds is 7. The first-order valence-electron chi connectivity index (χ1n) is 8.49. The van der Waals surface area contributed by atoms with Crippen molar-refractivity contribution in [2.24, 2.45) is 17.8 Å². The average molecular weight is 291 g/mol. The van der Waals surface area contributed by atoms with E-state index in [1.54, 1.807) is 6.33 Å². The molecule has 1 aromatic rings. The van der Waals surface area contributed by atoms with Crippen LogP contribution in [0, 0.1) is 17.8 Å². The zero-order chi connectivity index (χ0) is 15.2. The average Bonchev–Trinajstić information content (AvgIpc) is 2.86. The smallest absolute Gasteiger partial charge is 0.143 e. The Morgan fingerprint density at radius 2 is 2.05 bits per heavy atom. The molecule has 1 fully saturated rings.